The minimum atomic E-state index is -0.749. The second-order valence-electron chi connectivity index (χ2n) is 14.8. The van der Waals surface area contributed by atoms with Crippen LogP contribution in [0.4, 0.5) is 0 Å². The zero-order valence-corrected chi connectivity index (χ0v) is 23.8. The molecule has 0 radical (unpaired) electrons. The Labute approximate surface area is 221 Å². The Kier molecular flexibility index (Phi) is 5.88. The fourth-order valence-corrected chi connectivity index (χ4v) is 10.6. The second-order valence-corrected chi connectivity index (χ2v) is 14.8. The molecule has 37 heavy (non-hydrogen) atoms. The molecule has 6 heteroatoms. The van der Waals surface area contributed by atoms with E-state index < -0.39 is 16.9 Å². The monoisotopic (exact) mass is 511 g/mol. The van der Waals surface area contributed by atoms with Gasteiger partial charge in [0.05, 0.1) is 17.1 Å². The molecule has 0 aliphatic heterocycles. The van der Waals surface area contributed by atoms with Gasteiger partial charge in [-0.05, 0) is 111 Å². The fourth-order valence-electron chi connectivity index (χ4n) is 10.6. The summed E-state index contributed by atoms with van der Waals surface area (Å²) >= 11 is 0. The SMILES string of the molecule is CO[C@H]1CC[C@@]2(C)[C@@H](CC[C@]3(C)[C@@H]2C(=O)C=C2[C@@H]4C[C@@](C)(C(=O)O)CC[C@]4(C)CC[C@]23C)[C@]1(C)N=C=O. The van der Waals surface area contributed by atoms with Crippen molar-refractivity contribution >= 4 is 17.8 Å². The molecule has 5 rings (SSSR count). The molecule has 0 spiro atoms. The normalized spacial score (nSPS) is 52.9. The van der Waals surface area contributed by atoms with Gasteiger partial charge in [-0.2, -0.15) is 4.99 Å². The number of nitrogens with zero attached hydrogens (tertiary/aromatic N) is 1. The minimum Gasteiger partial charge on any atom is -0.481 e. The lowest BCUT2D eigenvalue weighted by Gasteiger charge is -2.70. The van der Waals surface area contributed by atoms with Crippen molar-refractivity contribution in [1.29, 1.82) is 0 Å². The third-order valence-electron chi connectivity index (χ3n) is 13.2. The standard InChI is InChI=1S/C31H45NO5/c1-26-12-13-27(2,25(35)36)17-20(26)19-16-21(34)24-28(3)10-9-23(37-7)31(6,32-18-33)22(28)8-11-30(24,5)29(19,4)15-14-26/h16,20,22-24H,8-15,17H2,1-7H3,(H,35,36)/t20-,22+,23-,24+,26+,27-,28-,29+,30+,31-/m0/s1. The summed E-state index contributed by atoms with van der Waals surface area (Å²) in [6, 6.07) is 0. The molecule has 1 N–H and O–H groups in total. The van der Waals surface area contributed by atoms with Crippen molar-refractivity contribution in [3.05, 3.63) is 11.6 Å². The van der Waals surface area contributed by atoms with Gasteiger partial charge in [0.25, 0.3) is 0 Å². The summed E-state index contributed by atoms with van der Waals surface area (Å²) in [6.07, 6.45) is 11.3. The molecule has 204 valence electrons. The molecule has 4 fully saturated rings. The van der Waals surface area contributed by atoms with Gasteiger partial charge in [0.1, 0.15) is 0 Å². The Balaban J connectivity index is 1.62. The quantitative estimate of drug-likeness (QED) is 0.363. The number of ketones is 1. The first-order valence-corrected chi connectivity index (χ1v) is 14.3. The van der Waals surface area contributed by atoms with Gasteiger partial charge in [-0.25, -0.2) is 4.79 Å². The Morgan fingerprint density at radius 1 is 1.03 bits per heavy atom. The number of carbonyl (C=O) groups is 2. The number of carbonyl (C=O) groups excluding carboxylic acids is 2. The predicted molar refractivity (Wildman–Crippen MR) is 141 cm³/mol. The van der Waals surface area contributed by atoms with Crippen molar-refractivity contribution in [3.8, 4) is 0 Å². The summed E-state index contributed by atoms with van der Waals surface area (Å²) in [7, 11) is 1.69. The summed E-state index contributed by atoms with van der Waals surface area (Å²) < 4.78 is 5.84. The number of hydrogen-bond donors (Lipinski definition) is 1. The van der Waals surface area contributed by atoms with E-state index in [1.165, 1.54) is 5.57 Å². The molecular formula is C31H45NO5. The van der Waals surface area contributed by atoms with Crippen molar-refractivity contribution < 1.29 is 24.2 Å². The number of ether oxygens (including phenoxy) is 1. The third kappa shape index (κ3) is 3.27. The van der Waals surface area contributed by atoms with E-state index in [0.29, 0.717) is 12.8 Å². The molecule has 0 heterocycles. The molecule has 0 saturated heterocycles. The molecule has 0 aromatic rings. The number of carboxylic acid groups (broad SMARTS) is 1. The van der Waals surface area contributed by atoms with Crippen LogP contribution < -0.4 is 0 Å². The number of isocyanates is 1. The first-order valence-electron chi connectivity index (χ1n) is 14.3. The molecule has 0 aromatic carbocycles. The van der Waals surface area contributed by atoms with Crippen LogP contribution in [0.25, 0.3) is 0 Å². The average molecular weight is 512 g/mol. The molecule has 0 bridgehead atoms. The van der Waals surface area contributed by atoms with E-state index in [-0.39, 0.29) is 51.3 Å². The molecule has 10 atom stereocenters. The molecule has 4 saturated carbocycles. The highest BCUT2D eigenvalue weighted by molar-refractivity contribution is 5.95. The maximum atomic E-state index is 14.4. The van der Waals surface area contributed by atoms with Crippen molar-refractivity contribution in [2.45, 2.75) is 111 Å². The Hall–Kier alpha value is -1.78. The fraction of sp³-hybridized carbons (Fsp3) is 0.839. The predicted octanol–water partition coefficient (Wildman–Crippen LogP) is 6.14. The van der Waals surface area contributed by atoms with E-state index in [1.807, 2.05) is 26.0 Å². The van der Waals surface area contributed by atoms with Crippen LogP contribution in [0.5, 0.6) is 0 Å². The number of fused-ring (bicyclic) bond motifs is 7. The topological polar surface area (TPSA) is 93.0 Å². The number of allylic oxidation sites excluding steroid dienone is 2. The van der Waals surface area contributed by atoms with Gasteiger partial charge >= 0.3 is 5.97 Å². The van der Waals surface area contributed by atoms with E-state index in [9.17, 15) is 19.5 Å². The van der Waals surface area contributed by atoms with Crippen LogP contribution in [-0.2, 0) is 19.1 Å². The third-order valence-corrected chi connectivity index (χ3v) is 13.2. The number of aliphatic imine (C=N–C) groups is 1. The largest absolute Gasteiger partial charge is 0.481 e. The molecule has 0 aromatic heterocycles. The molecule has 5 aliphatic rings. The number of carboxylic acids is 1. The van der Waals surface area contributed by atoms with Crippen LogP contribution in [0.2, 0.25) is 0 Å². The lowest BCUT2D eigenvalue weighted by Crippen LogP contribution is -2.68. The highest BCUT2D eigenvalue weighted by Gasteiger charge is 2.71. The maximum Gasteiger partial charge on any atom is 0.309 e. The van der Waals surface area contributed by atoms with E-state index in [1.54, 1.807) is 7.11 Å². The molecular weight excluding hydrogens is 466 g/mol. The number of hydrogen-bond acceptors (Lipinski definition) is 5. The van der Waals surface area contributed by atoms with Crippen LogP contribution in [0.3, 0.4) is 0 Å². The summed E-state index contributed by atoms with van der Waals surface area (Å²) in [5.74, 6) is -0.513. The Morgan fingerprint density at radius 2 is 1.70 bits per heavy atom. The highest BCUT2D eigenvalue weighted by atomic mass is 16.5. The summed E-state index contributed by atoms with van der Waals surface area (Å²) in [4.78, 5) is 42.6. The number of aliphatic carboxylic acids is 1. The van der Waals surface area contributed by atoms with E-state index in [0.717, 1.165) is 44.9 Å². The number of methoxy groups -OCH3 is 1. The van der Waals surface area contributed by atoms with Gasteiger partial charge in [0, 0.05) is 13.0 Å². The smallest absolute Gasteiger partial charge is 0.309 e. The van der Waals surface area contributed by atoms with Gasteiger partial charge in [0.2, 0.25) is 6.08 Å². The highest BCUT2D eigenvalue weighted by Crippen LogP contribution is 2.74. The van der Waals surface area contributed by atoms with Crippen LogP contribution in [0.1, 0.15) is 99.3 Å². The van der Waals surface area contributed by atoms with Crippen LogP contribution in [0, 0.1) is 44.8 Å². The van der Waals surface area contributed by atoms with Gasteiger partial charge in [-0.1, -0.05) is 33.3 Å². The molecule has 6 nitrogen and oxygen atoms in total. The Morgan fingerprint density at radius 3 is 2.32 bits per heavy atom. The summed E-state index contributed by atoms with van der Waals surface area (Å²) in [5, 5.41) is 10.1. The first kappa shape index (κ1) is 26.8. The van der Waals surface area contributed by atoms with Crippen molar-refractivity contribution in [2.75, 3.05) is 7.11 Å². The van der Waals surface area contributed by atoms with Gasteiger partial charge < -0.3 is 9.84 Å². The zero-order chi connectivity index (χ0) is 27.2. The molecule has 0 unspecified atom stereocenters. The summed E-state index contributed by atoms with van der Waals surface area (Å²) in [5.41, 5.74) is -0.888. The first-order chi connectivity index (χ1) is 17.2. The van der Waals surface area contributed by atoms with Crippen molar-refractivity contribution in [3.63, 3.8) is 0 Å². The van der Waals surface area contributed by atoms with Gasteiger partial charge in [-0.15, -0.1) is 0 Å². The van der Waals surface area contributed by atoms with Gasteiger partial charge in [0.15, 0.2) is 5.78 Å². The maximum absolute atomic E-state index is 14.4. The lowest BCUT2D eigenvalue weighted by molar-refractivity contribution is -0.191. The lowest BCUT2D eigenvalue weighted by atomic mass is 9.34. The molecule has 0 amide bonds. The average Bonchev–Trinajstić information content (AvgIpc) is 2.81. The van der Waals surface area contributed by atoms with Crippen LogP contribution in [-0.4, -0.2) is 41.7 Å². The van der Waals surface area contributed by atoms with Crippen molar-refractivity contribution in [1.82, 2.24) is 0 Å². The van der Waals surface area contributed by atoms with Crippen LogP contribution in [0.15, 0.2) is 16.6 Å². The van der Waals surface area contributed by atoms with E-state index in [4.69, 9.17) is 4.74 Å². The minimum absolute atomic E-state index is 0.0403. The molecule has 5 aliphatic carbocycles. The van der Waals surface area contributed by atoms with Crippen molar-refractivity contribution in [2.24, 2.45) is 49.8 Å². The van der Waals surface area contributed by atoms with Gasteiger partial charge in [-0.3, -0.25) is 9.59 Å². The van der Waals surface area contributed by atoms with E-state index in [2.05, 4.69) is 32.7 Å². The Bertz CT molecular complexity index is 1110. The van der Waals surface area contributed by atoms with E-state index >= 15 is 0 Å². The second kappa shape index (κ2) is 8.11. The number of rotatable bonds is 3. The zero-order valence-electron chi connectivity index (χ0n) is 23.8. The summed E-state index contributed by atoms with van der Waals surface area (Å²) in [6.45, 7) is 13.2. The van der Waals surface area contributed by atoms with Crippen LogP contribution >= 0.6 is 0 Å².